The summed E-state index contributed by atoms with van der Waals surface area (Å²) in [5.41, 5.74) is 1.41. The molecule has 0 spiro atoms. The van der Waals surface area contributed by atoms with Gasteiger partial charge < -0.3 is 10.1 Å². The van der Waals surface area contributed by atoms with Gasteiger partial charge in [-0.05, 0) is 55.8 Å². The van der Waals surface area contributed by atoms with Crippen molar-refractivity contribution in [2.75, 3.05) is 6.54 Å². The van der Waals surface area contributed by atoms with Gasteiger partial charge in [-0.2, -0.15) is 0 Å². The minimum absolute atomic E-state index is 0.483. The average molecular weight is 287 g/mol. The topological polar surface area (TPSA) is 21.3 Å². The normalized spacial score (nSPS) is 20.6. The van der Waals surface area contributed by atoms with Gasteiger partial charge in [-0.25, -0.2) is 0 Å². The Bertz CT molecular complexity index is 435. The smallest absolute Gasteiger partial charge is 0.120 e. The van der Waals surface area contributed by atoms with Crippen LogP contribution in [0.2, 0.25) is 0 Å². The van der Waals surface area contributed by atoms with Gasteiger partial charge in [0.1, 0.15) is 5.75 Å². The largest absolute Gasteiger partial charge is 0.490 e. The average Bonchev–Trinajstić information content (AvgIpc) is 3.16. The van der Waals surface area contributed by atoms with E-state index in [-0.39, 0.29) is 0 Å². The van der Waals surface area contributed by atoms with Crippen molar-refractivity contribution in [2.24, 2.45) is 5.92 Å². The van der Waals surface area contributed by atoms with Gasteiger partial charge in [-0.3, -0.25) is 0 Å². The zero-order valence-electron chi connectivity index (χ0n) is 13.3. The number of benzene rings is 1. The van der Waals surface area contributed by atoms with Gasteiger partial charge in [0, 0.05) is 6.04 Å². The molecule has 3 rings (SSSR count). The third kappa shape index (κ3) is 4.47. The Morgan fingerprint density at radius 1 is 1.19 bits per heavy atom. The first-order valence-corrected chi connectivity index (χ1v) is 8.85. The molecule has 1 N–H and O–H groups in total. The van der Waals surface area contributed by atoms with Crippen molar-refractivity contribution >= 4 is 0 Å². The maximum Gasteiger partial charge on any atom is 0.120 e. The van der Waals surface area contributed by atoms with Crippen LogP contribution in [0.4, 0.5) is 0 Å². The molecule has 2 fully saturated rings. The lowest BCUT2D eigenvalue weighted by molar-refractivity contribution is 0.302. The summed E-state index contributed by atoms with van der Waals surface area (Å²) in [6, 6.07) is 9.29. The molecule has 0 amide bonds. The Balaban J connectivity index is 1.67. The van der Waals surface area contributed by atoms with Crippen LogP contribution >= 0.6 is 0 Å². The van der Waals surface area contributed by atoms with E-state index in [1.165, 1.54) is 56.9 Å². The lowest BCUT2D eigenvalue weighted by atomic mass is 9.93. The fourth-order valence-electron chi connectivity index (χ4n) is 3.42. The quantitative estimate of drug-likeness (QED) is 0.738. The molecule has 0 aromatic heterocycles. The summed E-state index contributed by atoms with van der Waals surface area (Å²) < 4.78 is 5.96. The van der Waals surface area contributed by atoms with Crippen molar-refractivity contribution in [3.05, 3.63) is 29.8 Å². The van der Waals surface area contributed by atoms with E-state index >= 15 is 0 Å². The molecule has 2 aliphatic rings. The molecule has 0 heterocycles. The fourth-order valence-corrected chi connectivity index (χ4v) is 3.42. The Morgan fingerprint density at radius 2 is 2.00 bits per heavy atom. The first kappa shape index (κ1) is 14.9. The van der Waals surface area contributed by atoms with Crippen molar-refractivity contribution in [2.45, 2.75) is 70.4 Å². The molecule has 1 unspecified atom stereocenters. The predicted molar refractivity (Wildman–Crippen MR) is 87.7 cm³/mol. The first-order valence-electron chi connectivity index (χ1n) is 8.85. The Hall–Kier alpha value is -1.02. The van der Waals surface area contributed by atoms with Crippen molar-refractivity contribution in [1.82, 2.24) is 5.32 Å². The molecular weight excluding hydrogens is 258 g/mol. The van der Waals surface area contributed by atoms with Gasteiger partial charge in [-0.1, -0.05) is 44.7 Å². The van der Waals surface area contributed by atoms with Crippen LogP contribution in [0.1, 0.15) is 69.9 Å². The Kier molecular flexibility index (Phi) is 5.18. The molecule has 2 saturated carbocycles. The van der Waals surface area contributed by atoms with Crippen LogP contribution in [-0.4, -0.2) is 12.6 Å². The van der Waals surface area contributed by atoms with E-state index in [1.807, 2.05) is 0 Å². The third-order valence-corrected chi connectivity index (χ3v) is 4.77. The van der Waals surface area contributed by atoms with Crippen molar-refractivity contribution in [1.29, 1.82) is 0 Å². The number of nitrogens with one attached hydrogen (secondary N) is 1. The molecule has 0 saturated heterocycles. The standard InChI is InChI=1S/C19H29NO/c1-2-12-20-19(13-15-6-3-4-7-15)16-8-5-9-18(14-16)21-17-10-11-17/h5,8-9,14-15,17,19-20H,2-4,6-7,10-13H2,1H3. The van der Waals surface area contributed by atoms with Gasteiger partial charge in [-0.15, -0.1) is 0 Å². The number of rotatable bonds is 8. The summed E-state index contributed by atoms with van der Waals surface area (Å²) in [7, 11) is 0. The molecule has 2 aliphatic carbocycles. The highest BCUT2D eigenvalue weighted by atomic mass is 16.5. The maximum atomic E-state index is 5.96. The highest BCUT2D eigenvalue weighted by Gasteiger charge is 2.24. The van der Waals surface area contributed by atoms with E-state index in [1.54, 1.807) is 0 Å². The van der Waals surface area contributed by atoms with Crippen LogP contribution in [0, 0.1) is 5.92 Å². The summed E-state index contributed by atoms with van der Waals surface area (Å²) in [4.78, 5) is 0. The van der Waals surface area contributed by atoms with Gasteiger partial charge in [0.2, 0.25) is 0 Å². The van der Waals surface area contributed by atoms with Crippen molar-refractivity contribution in [3.8, 4) is 5.75 Å². The summed E-state index contributed by atoms with van der Waals surface area (Å²) >= 11 is 0. The second kappa shape index (κ2) is 7.31. The van der Waals surface area contributed by atoms with Gasteiger partial charge in [0.25, 0.3) is 0 Å². The number of hydrogen-bond acceptors (Lipinski definition) is 2. The summed E-state index contributed by atoms with van der Waals surface area (Å²) in [5.74, 6) is 1.97. The fraction of sp³-hybridized carbons (Fsp3) is 0.684. The lowest BCUT2D eigenvalue weighted by Crippen LogP contribution is -2.24. The summed E-state index contributed by atoms with van der Waals surface area (Å²) in [6.07, 6.45) is 11.1. The van der Waals surface area contributed by atoms with Crippen LogP contribution in [0.25, 0.3) is 0 Å². The van der Waals surface area contributed by atoms with E-state index in [9.17, 15) is 0 Å². The maximum absolute atomic E-state index is 5.96. The van der Waals surface area contributed by atoms with E-state index in [4.69, 9.17) is 4.74 Å². The lowest BCUT2D eigenvalue weighted by Gasteiger charge is -2.23. The molecule has 0 radical (unpaired) electrons. The third-order valence-electron chi connectivity index (χ3n) is 4.77. The van der Waals surface area contributed by atoms with Crippen molar-refractivity contribution < 1.29 is 4.74 Å². The van der Waals surface area contributed by atoms with Gasteiger partial charge in [0.15, 0.2) is 0 Å². The minimum atomic E-state index is 0.483. The zero-order valence-corrected chi connectivity index (χ0v) is 13.3. The van der Waals surface area contributed by atoms with Gasteiger partial charge >= 0.3 is 0 Å². The molecule has 2 heteroatoms. The van der Waals surface area contributed by atoms with Crippen LogP contribution in [-0.2, 0) is 0 Å². The molecule has 2 nitrogen and oxygen atoms in total. The first-order chi connectivity index (χ1) is 10.3. The van der Waals surface area contributed by atoms with Crippen LogP contribution in [0.15, 0.2) is 24.3 Å². The number of hydrogen-bond donors (Lipinski definition) is 1. The molecule has 21 heavy (non-hydrogen) atoms. The molecule has 116 valence electrons. The van der Waals surface area contributed by atoms with E-state index in [2.05, 4.69) is 36.5 Å². The minimum Gasteiger partial charge on any atom is -0.490 e. The second-order valence-electron chi connectivity index (χ2n) is 6.78. The molecule has 1 atom stereocenters. The van der Waals surface area contributed by atoms with Crippen molar-refractivity contribution in [3.63, 3.8) is 0 Å². The van der Waals surface area contributed by atoms with Gasteiger partial charge in [0.05, 0.1) is 6.10 Å². The number of ether oxygens (including phenoxy) is 1. The molecular formula is C19H29NO. The van der Waals surface area contributed by atoms with Crippen LogP contribution in [0.5, 0.6) is 5.75 Å². The molecule has 0 aliphatic heterocycles. The monoisotopic (exact) mass is 287 g/mol. The summed E-state index contributed by atoms with van der Waals surface area (Å²) in [5, 5.41) is 3.75. The van der Waals surface area contributed by atoms with Crippen LogP contribution < -0.4 is 10.1 Å². The Morgan fingerprint density at radius 3 is 2.71 bits per heavy atom. The molecule has 1 aromatic carbocycles. The van der Waals surface area contributed by atoms with E-state index < -0.39 is 0 Å². The highest BCUT2D eigenvalue weighted by Crippen LogP contribution is 2.34. The summed E-state index contributed by atoms with van der Waals surface area (Å²) in [6.45, 7) is 3.34. The zero-order chi connectivity index (χ0) is 14.5. The molecule has 0 bridgehead atoms. The Labute approximate surface area is 129 Å². The highest BCUT2D eigenvalue weighted by molar-refractivity contribution is 5.31. The second-order valence-corrected chi connectivity index (χ2v) is 6.78. The predicted octanol–water partition coefficient (Wildman–Crippen LogP) is 4.85. The SMILES string of the molecule is CCCNC(CC1CCCC1)c1cccc(OC2CC2)c1. The molecule has 1 aromatic rings. The van der Waals surface area contributed by atoms with E-state index in [0.29, 0.717) is 12.1 Å². The van der Waals surface area contributed by atoms with E-state index in [0.717, 1.165) is 18.2 Å². The van der Waals surface area contributed by atoms with Crippen LogP contribution in [0.3, 0.4) is 0 Å².